The highest BCUT2D eigenvalue weighted by molar-refractivity contribution is 5.86. The molecule has 1 aliphatic rings. The van der Waals surface area contributed by atoms with E-state index in [1.54, 1.807) is 20.9 Å². The number of aliphatic carboxylic acids is 1. The van der Waals surface area contributed by atoms with Crippen molar-refractivity contribution in [3.63, 3.8) is 0 Å². The first-order chi connectivity index (χ1) is 7.38. The zero-order valence-electron chi connectivity index (χ0n) is 10.0. The molecule has 0 bridgehead atoms. The molecule has 92 valence electrons. The summed E-state index contributed by atoms with van der Waals surface area (Å²) in [4.78, 5) is 22.8. The van der Waals surface area contributed by atoms with E-state index in [1.807, 2.05) is 0 Å². The monoisotopic (exact) mass is 228 g/mol. The van der Waals surface area contributed by atoms with Crippen molar-refractivity contribution in [1.82, 2.24) is 10.6 Å². The average Bonchev–Trinajstić information content (AvgIpc) is 2.65. The van der Waals surface area contributed by atoms with Crippen LogP contribution in [-0.4, -0.2) is 35.6 Å². The van der Waals surface area contributed by atoms with Gasteiger partial charge in [0.15, 0.2) is 0 Å². The zero-order chi connectivity index (χ0) is 12.3. The van der Waals surface area contributed by atoms with Gasteiger partial charge in [-0.25, -0.2) is 0 Å². The van der Waals surface area contributed by atoms with E-state index in [1.165, 1.54) is 0 Å². The van der Waals surface area contributed by atoms with Gasteiger partial charge in [-0.2, -0.15) is 0 Å². The summed E-state index contributed by atoms with van der Waals surface area (Å²) in [6.45, 7) is 3.54. The van der Waals surface area contributed by atoms with Crippen LogP contribution < -0.4 is 10.6 Å². The van der Waals surface area contributed by atoms with Gasteiger partial charge in [0.05, 0.1) is 11.5 Å². The summed E-state index contributed by atoms with van der Waals surface area (Å²) >= 11 is 0. The van der Waals surface area contributed by atoms with Crippen LogP contribution in [0.5, 0.6) is 0 Å². The molecule has 5 heteroatoms. The minimum Gasteiger partial charge on any atom is -0.481 e. The Hall–Kier alpha value is -1.10. The van der Waals surface area contributed by atoms with E-state index in [4.69, 9.17) is 5.11 Å². The Morgan fingerprint density at radius 3 is 2.44 bits per heavy atom. The molecule has 2 atom stereocenters. The lowest BCUT2D eigenvalue weighted by molar-refractivity contribution is -0.142. The second-order valence-corrected chi connectivity index (χ2v) is 4.83. The molecule has 16 heavy (non-hydrogen) atoms. The predicted octanol–water partition coefficient (Wildman–Crippen LogP) is 0.354. The van der Waals surface area contributed by atoms with Crippen LogP contribution in [0, 0.1) is 5.92 Å². The average molecular weight is 228 g/mol. The van der Waals surface area contributed by atoms with Gasteiger partial charge in [-0.05, 0) is 33.7 Å². The Labute approximate surface area is 95.6 Å². The fourth-order valence-corrected chi connectivity index (χ4v) is 1.89. The van der Waals surface area contributed by atoms with Crippen LogP contribution in [0.25, 0.3) is 0 Å². The van der Waals surface area contributed by atoms with E-state index in [0.29, 0.717) is 6.42 Å². The molecule has 1 saturated carbocycles. The van der Waals surface area contributed by atoms with Crippen molar-refractivity contribution in [1.29, 1.82) is 0 Å². The molecule has 0 aromatic carbocycles. The maximum absolute atomic E-state index is 11.9. The third-order valence-corrected chi connectivity index (χ3v) is 3.34. The Morgan fingerprint density at radius 2 is 1.94 bits per heavy atom. The van der Waals surface area contributed by atoms with Crippen LogP contribution in [0.3, 0.4) is 0 Å². The van der Waals surface area contributed by atoms with Gasteiger partial charge in [0.2, 0.25) is 5.91 Å². The van der Waals surface area contributed by atoms with Crippen LogP contribution in [-0.2, 0) is 9.59 Å². The van der Waals surface area contributed by atoms with Gasteiger partial charge in [0.25, 0.3) is 0 Å². The first kappa shape index (κ1) is 13.0. The molecule has 2 unspecified atom stereocenters. The Morgan fingerprint density at radius 1 is 1.31 bits per heavy atom. The number of likely N-dealkylation sites (N-methyl/N-ethyl adjacent to an activating group) is 1. The number of hydrogen-bond donors (Lipinski definition) is 3. The van der Waals surface area contributed by atoms with Crippen LogP contribution in [0.15, 0.2) is 0 Å². The van der Waals surface area contributed by atoms with E-state index in [-0.39, 0.29) is 11.9 Å². The van der Waals surface area contributed by atoms with Gasteiger partial charge >= 0.3 is 5.97 Å². The molecule has 1 fully saturated rings. The topological polar surface area (TPSA) is 78.4 Å². The largest absolute Gasteiger partial charge is 0.481 e. The number of carbonyl (C=O) groups is 2. The fraction of sp³-hybridized carbons (Fsp3) is 0.818. The molecular weight excluding hydrogens is 208 g/mol. The van der Waals surface area contributed by atoms with Crippen LogP contribution in [0.4, 0.5) is 0 Å². The normalized spacial score (nSPS) is 25.4. The molecule has 0 aromatic heterocycles. The van der Waals surface area contributed by atoms with Crippen LogP contribution >= 0.6 is 0 Å². The van der Waals surface area contributed by atoms with Crippen molar-refractivity contribution in [2.75, 3.05) is 7.05 Å². The van der Waals surface area contributed by atoms with Crippen LogP contribution in [0.1, 0.15) is 33.1 Å². The molecule has 0 aliphatic heterocycles. The molecule has 1 aliphatic carbocycles. The standard InChI is InChI=1S/C11H20N2O3/c1-11(2,12-3)10(16)13-8-6-4-5-7(8)9(14)15/h7-8,12H,4-6H2,1-3H3,(H,13,16)(H,14,15). The zero-order valence-corrected chi connectivity index (χ0v) is 10.0. The summed E-state index contributed by atoms with van der Waals surface area (Å²) in [6.07, 6.45) is 2.27. The van der Waals surface area contributed by atoms with Gasteiger partial charge in [0.1, 0.15) is 0 Å². The van der Waals surface area contributed by atoms with Crippen molar-refractivity contribution in [2.24, 2.45) is 5.92 Å². The highest BCUT2D eigenvalue weighted by Crippen LogP contribution is 2.26. The van der Waals surface area contributed by atoms with Crippen LogP contribution in [0.2, 0.25) is 0 Å². The summed E-state index contributed by atoms with van der Waals surface area (Å²) in [5.41, 5.74) is -0.661. The van der Waals surface area contributed by atoms with E-state index in [9.17, 15) is 9.59 Å². The Bertz CT molecular complexity index is 289. The van der Waals surface area contributed by atoms with Gasteiger partial charge in [0, 0.05) is 6.04 Å². The first-order valence-electron chi connectivity index (χ1n) is 5.61. The predicted molar refractivity (Wildman–Crippen MR) is 60.0 cm³/mol. The molecule has 1 rings (SSSR count). The van der Waals surface area contributed by atoms with Gasteiger partial charge in [-0.1, -0.05) is 6.42 Å². The number of hydrogen-bond acceptors (Lipinski definition) is 3. The van der Waals surface area contributed by atoms with Gasteiger partial charge in [-0.3, -0.25) is 9.59 Å². The molecular formula is C11H20N2O3. The molecule has 5 nitrogen and oxygen atoms in total. The lowest BCUT2D eigenvalue weighted by atomic mass is 10.0. The quantitative estimate of drug-likeness (QED) is 0.649. The third-order valence-electron chi connectivity index (χ3n) is 3.34. The van der Waals surface area contributed by atoms with E-state index < -0.39 is 17.4 Å². The highest BCUT2D eigenvalue weighted by atomic mass is 16.4. The number of nitrogens with one attached hydrogen (secondary N) is 2. The molecule has 0 radical (unpaired) electrons. The third kappa shape index (κ3) is 2.72. The number of carboxylic acid groups (broad SMARTS) is 1. The van der Waals surface area contributed by atoms with Crippen molar-refractivity contribution >= 4 is 11.9 Å². The Balaban J connectivity index is 2.60. The smallest absolute Gasteiger partial charge is 0.308 e. The second kappa shape index (κ2) is 4.82. The summed E-state index contributed by atoms with van der Waals surface area (Å²) in [7, 11) is 1.71. The number of carboxylic acids is 1. The summed E-state index contributed by atoms with van der Waals surface area (Å²) in [5, 5.41) is 14.7. The molecule has 3 N–H and O–H groups in total. The minimum atomic E-state index is -0.815. The molecule has 0 aromatic rings. The molecule has 0 spiro atoms. The SMILES string of the molecule is CNC(C)(C)C(=O)NC1CCCC1C(=O)O. The maximum atomic E-state index is 11.9. The summed E-state index contributed by atoms with van der Waals surface area (Å²) in [6, 6.07) is -0.224. The minimum absolute atomic E-state index is 0.145. The number of rotatable bonds is 4. The molecule has 0 saturated heterocycles. The summed E-state index contributed by atoms with van der Waals surface area (Å²) < 4.78 is 0. The van der Waals surface area contributed by atoms with Crippen molar-refractivity contribution in [3.8, 4) is 0 Å². The van der Waals surface area contributed by atoms with E-state index >= 15 is 0 Å². The first-order valence-corrected chi connectivity index (χ1v) is 5.61. The lowest BCUT2D eigenvalue weighted by Gasteiger charge is -2.26. The summed E-state index contributed by atoms with van der Waals surface area (Å²) in [5.74, 6) is -1.39. The van der Waals surface area contributed by atoms with Gasteiger partial charge < -0.3 is 15.7 Å². The van der Waals surface area contributed by atoms with Crippen molar-refractivity contribution < 1.29 is 14.7 Å². The highest BCUT2D eigenvalue weighted by Gasteiger charge is 2.36. The maximum Gasteiger partial charge on any atom is 0.308 e. The Kier molecular flexibility index (Phi) is 3.91. The second-order valence-electron chi connectivity index (χ2n) is 4.83. The molecule has 0 heterocycles. The lowest BCUT2D eigenvalue weighted by Crippen LogP contribution is -2.54. The van der Waals surface area contributed by atoms with Gasteiger partial charge in [-0.15, -0.1) is 0 Å². The number of amides is 1. The van der Waals surface area contributed by atoms with E-state index in [2.05, 4.69) is 10.6 Å². The number of carbonyl (C=O) groups excluding carboxylic acids is 1. The fourth-order valence-electron chi connectivity index (χ4n) is 1.89. The van der Waals surface area contributed by atoms with Crippen molar-refractivity contribution in [2.45, 2.75) is 44.7 Å². The molecule has 1 amide bonds. The van der Waals surface area contributed by atoms with Crippen molar-refractivity contribution in [3.05, 3.63) is 0 Å². The van der Waals surface area contributed by atoms with E-state index in [0.717, 1.165) is 12.8 Å².